The summed E-state index contributed by atoms with van der Waals surface area (Å²) in [6, 6.07) is 0. The largest absolute Gasteiger partial charge is 0.0840 e. The molecule has 1 aliphatic rings. The van der Waals surface area contributed by atoms with Gasteiger partial charge in [-0.1, -0.05) is 96.9 Å². The van der Waals surface area contributed by atoms with Gasteiger partial charge in [0.15, 0.2) is 0 Å². The van der Waals surface area contributed by atoms with Crippen LogP contribution in [0.4, 0.5) is 0 Å². The molecule has 1 unspecified atom stereocenters. The van der Waals surface area contributed by atoms with Gasteiger partial charge in [0.1, 0.15) is 0 Å². The van der Waals surface area contributed by atoms with E-state index in [1.54, 1.807) is 5.57 Å². The number of allylic oxidation sites excluding steroid dienone is 4. The van der Waals surface area contributed by atoms with Crippen molar-refractivity contribution in [3.63, 3.8) is 0 Å². The summed E-state index contributed by atoms with van der Waals surface area (Å²) in [4.78, 5) is 0. The Morgan fingerprint density at radius 1 is 0.952 bits per heavy atom. The monoisotopic (exact) mass is 292 g/mol. The van der Waals surface area contributed by atoms with E-state index in [-0.39, 0.29) is 0 Å². The Labute approximate surface area is 135 Å². The Morgan fingerprint density at radius 2 is 1.62 bits per heavy atom. The quantitative estimate of drug-likeness (QED) is 0.408. The van der Waals surface area contributed by atoms with Crippen molar-refractivity contribution in [3.8, 4) is 0 Å². The second-order valence-electron chi connectivity index (χ2n) is 6.59. The zero-order valence-corrected chi connectivity index (χ0v) is 15.5. The van der Waals surface area contributed by atoms with Crippen molar-refractivity contribution in [1.29, 1.82) is 0 Å². The first-order chi connectivity index (χ1) is 10.2. The summed E-state index contributed by atoms with van der Waals surface area (Å²) in [5.41, 5.74) is 1.55. The van der Waals surface area contributed by atoms with Crippen LogP contribution >= 0.6 is 0 Å². The average molecular weight is 293 g/mol. The Kier molecular flexibility index (Phi) is 14.1. The lowest BCUT2D eigenvalue weighted by Crippen LogP contribution is -2.10. The van der Waals surface area contributed by atoms with Crippen LogP contribution in [0.2, 0.25) is 0 Å². The third-order valence-corrected chi connectivity index (χ3v) is 4.66. The molecule has 0 saturated heterocycles. The van der Waals surface area contributed by atoms with E-state index in [2.05, 4.69) is 52.8 Å². The van der Waals surface area contributed by atoms with Gasteiger partial charge in [-0.3, -0.25) is 0 Å². The van der Waals surface area contributed by atoms with Crippen LogP contribution in [0, 0.1) is 11.8 Å². The Bertz CT molecular complexity index is 266. The highest BCUT2D eigenvalue weighted by Crippen LogP contribution is 2.24. The summed E-state index contributed by atoms with van der Waals surface area (Å²) in [6.45, 7) is 11.5. The molecular formula is C21H40. The Morgan fingerprint density at radius 3 is 2.05 bits per heavy atom. The fraction of sp³-hybridized carbons (Fsp3) is 0.810. The van der Waals surface area contributed by atoms with Gasteiger partial charge in [0.2, 0.25) is 0 Å². The molecule has 0 heterocycles. The van der Waals surface area contributed by atoms with Gasteiger partial charge >= 0.3 is 0 Å². The van der Waals surface area contributed by atoms with Gasteiger partial charge in [0.05, 0.1) is 0 Å². The number of hydrogen-bond acceptors (Lipinski definition) is 0. The molecule has 21 heavy (non-hydrogen) atoms. The maximum atomic E-state index is 2.40. The molecule has 0 nitrogen and oxygen atoms in total. The van der Waals surface area contributed by atoms with Crippen LogP contribution in [0.1, 0.15) is 98.8 Å². The van der Waals surface area contributed by atoms with Crippen molar-refractivity contribution in [2.75, 3.05) is 0 Å². The van der Waals surface area contributed by atoms with Crippen LogP contribution in [-0.2, 0) is 0 Å². The molecule has 0 amide bonds. The van der Waals surface area contributed by atoms with Gasteiger partial charge in [-0.2, -0.15) is 0 Å². The summed E-state index contributed by atoms with van der Waals surface area (Å²) in [5.74, 6) is 1.94. The van der Waals surface area contributed by atoms with Crippen molar-refractivity contribution in [1.82, 2.24) is 0 Å². The van der Waals surface area contributed by atoms with E-state index in [0.29, 0.717) is 0 Å². The molecule has 0 heteroatoms. The van der Waals surface area contributed by atoms with Crippen molar-refractivity contribution >= 4 is 0 Å². The topological polar surface area (TPSA) is 0 Å². The smallest absolute Gasteiger partial charge is 0.0282 e. The lowest BCUT2D eigenvalue weighted by Gasteiger charge is -2.21. The normalized spacial score (nSPS) is 15.4. The molecule has 0 radical (unpaired) electrons. The number of hydrogen-bond donors (Lipinski definition) is 0. The van der Waals surface area contributed by atoms with E-state index < -0.39 is 0 Å². The van der Waals surface area contributed by atoms with Crippen LogP contribution in [0.5, 0.6) is 0 Å². The third-order valence-electron chi connectivity index (χ3n) is 4.66. The van der Waals surface area contributed by atoms with Crippen LogP contribution in [-0.4, -0.2) is 0 Å². The standard InChI is InChI=1S/C11H24.C10H16/c1-5-8-11(9-6-2)10(4)7-3;1-2-3-7-10-8-5-4-6-9-10/h10-11H,5-9H2,1-4H3;5,8-9H,2-4,6-7H2,1H3. The van der Waals surface area contributed by atoms with Gasteiger partial charge in [0.25, 0.3) is 0 Å². The molecule has 0 aliphatic heterocycles. The summed E-state index contributed by atoms with van der Waals surface area (Å²) < 4.78 is 0. The van der Waals surface area contributed by atoms with Crippen molar-refractivity contribution in [2.24, 2.45) is 11.8 Å². The highest BCUT2D eigenvalue weighted by molar-refractivity contribution is 5.21. The van der Waals surface area contributed by atoms with Crippen LogP contribution < -0.4 is 0 Å². The molecule has 0 aromatic rings. The summed E-state index contributed by atoms with van der Waals surface area (Å²) in [6.07, 6.45) is 20.3. The van der Waals surface area contributed by atoms with E-state index in [4.69, 9.17) is 0 Å². The maximum absolute atomic E-state index is 2.40. The zero-order valence-electron chi connectivity index (χ0n) is 15.5. The van der Waals surface area contributed by atoms with Gasteiger partial charge < -0.3 is 0 Å². The molecule has 0 bridgehead atoms. The SMILES string of the molecule is CCCC(CCC)C(C)CC.CCCCC1=CCCC=C1. The van der Waals surface area contributed by atoms with Crippen molar-refractivity contribution in [2.45, 2.75) is 98.8 Å². The molecule has 0 spiro atoms. The van der Waals surface area contributed by atoms with Gasteiger partial charge in [0, 0.05) is 0 Å². The first kappa shape index (κ1) is 20.5. The highest BCUT2D eigenvalue weighted by atomic mass is 14.2. The summed E-state index contributed by atoms with van der Waals surface area (Å²) in [5, 5.41) is 0. The first-order valence-electron chi connectivity index (χ1n) is 9.54. The minimum atomic E-state index is 0.940. The minimum absolute atomic E-state index is 0.940. The molecule has 0 aromatic heterocycles. The fourth-order valence-corrected chi connectivity index (χ4v) is 3.02. The van der Waals surface area contributed by atoms with Crippen molar-refractivity contribution in [3.05, 3.63) is 23.8 Å². The second kappa shape index (κ2) is 14.4. The van der Waals surface area contributed by atoms with Crippen LogP contribution in [0.3, 0.4) is 0 Å². The second-order valence-corrected chi connectivity index (χ2v) is 6.59. The highest BCUT2D eigenvalue weighted by Gasteiger charge is 2.12. The molecular weight excluding hydrogens is 252 g/mol. The van der Waals surface area contributed by atoms with Crippen LogP contribution in [0.25, 0.3) is 0 Å². The predicted octanol–water partition coefficient (Wildman–Crippen LogP) is 7.70. The van der Waals surface area contributed by atoms with E-state index in [0.717, 1.165) is 11.8 Å². The number of unbranched alkanes of at least 4 members (excludes halogenated alkanes) is 1. The molecule has 0 aromatic carbocycles. The summed E-state index contributed by atoms with van der Waals surface area (Å²) >= 11 is 0. The van der Waals surface area contributed by atoms with E-state index in [9.17, 15) is 0 Å². The first-order valence-corrected chi connectivity index (χ1v) is 9.54. The fourth-order valence-electron chi connectivity index (χ4n) is 3.02. The lowest BCUT2D eigenvalue weighted by molar-refractivity contribution is 0.302. The predicted molar refractivity (Wildman–Crippen MR) is 98.7 cm³/mol. The third kappa shape index (κ3) is 10.8. The molecule has 124 valence electrons. The molecule has 1 atom stereocenters. The zero-order chi connectivity index (χ0) is 15.9. The maximum Gasteiger partial charge on any atom is -0.0282 e. The van der Waals surface area contributed by atoms with Gasteiger partial charge in [-0.25, -0.2) is 0 Å². The minimum Gasteiger partial charge on any atom is -0.0840 e. The van der Waals surface area contributed by atoms with Gasteiger partial charge in [-0.15, -0.1) is 0 Å². The van der Waals surface area contributed by atoms with Gasteiger partial charge in [-0.05, 0) is 37.5 Å². The average Bonchev–Trinajstić information content (AvgIpc) is 2.53. The Balaban J connectivity index is 0.000000382. The van der Waals surface area contributed by atoms with E-state index in [1.165, 1.54) is 64.2 Å². The lowest BCUT2D eigenvalue weighted by atomic mass is 9.85. The van der Waals surface area contributed by atoms with E-state index in [1.807, 2.05) is 0 Å². The Hall–Kier alpha value is -0.520. The van der Waals surface area contributed by atoms with E-state index >= 15 is 0 Å². The molecule has 1 aliphatic carbocycles. The van der Waals surface area contributed by atoms with Crippen LogP contribution in [0.15, 0.2) is 23.8 Å². The molecule has 0 saturated carbocycles. The molecule has 0 N–H and O–H groups in total. The summed E-state index contributed by atoms with van der Waals surface area (Å²) in [7, 11) is 0. The number of rotatable bonds is 9. The molecule has 1 rings (SSSR count). The molecule has 0 fully saturated rings. The van der Waals surface area contributed by atoms with Crippen molar-refractivity contribution < 1.29 is 0 Å².